The maximum Gasteiger partial charge on any atom is 0.337 e. The lowest BCUT2D eigenvalue weighted by atomic mass is 9.95. The molecule has 2 aromatic heterocycles. The number of benzene rings is 1. The van der Waals surface area contributed by atoms with Crippen molar-refractivity contribution in [2.24, 2.45) is 0 Å². The van der Waals surface area contributed by atoms with E-state index >= 15 is 0 Å². The standard InChI is InChI=1S/C21H24N4O3S2/c1-2-29-20-23-18-17(30-20)19(27)25(15-11-7-4-8-12-15)21(28)24(18)13-16(26)22-14-9-5-3-6-10-14/h4,7-8,11-12,14H,2-3,5-6,9-10,13H2,1H3,(H,22,26). The van der Waals surface area contributed by atoms with Gasteiger partial charge in [-0.05, 0) is 30.7 Å². The summed E-state index contributed by atoms with van der Waals surface area (Å²) in [5.74, 6) is 0.584. The van der Waals surface area contributed by atoms with Gasteiger partial charge in [-0.2, -0.15) is 0 Å². The normalized spacial score (nSPS) is 14.8. The van der Waals surface area contributed by atoms with Gasteiger partial charge in [-0.15, -0.1) is 11.3 Å². The fourth-order valence-corrected chi connectivity index (χ4v) is 5.78. The van der Waals surface area contributed by atoms with Crippen molar-refractivity contribution in [2.45, 2.75) is 56.0 Å². The highest BCUT2D eigenvalue weighted by Crippen LogP contribution is 2.27. The van der Waals surface area contributed by atoms with Crippen LogP contribution < -0.4 is 16.6 Å². The number of hydrogen-bond acceptors (Lipinski definition) is 6. The van der Waals surface area contributed by atoms with Gasteiger partial charge in [0, 0.05) is 6.04 Å². The average molecular weight is 445 g/mol. The summed E-state index contributed by atoms with van der Waals surface area (Å²) in [4.78, 5) is 43.7. The van der Waals surface area contributed by atoms with E-state index in [1.807, 2.05) is 13.0 Å². The number of amides is 1. The van der Waals surface area contributed by atoms with Crippen molar-refractivity contribution in [1.82, 2.24) is 19.4 Å². The van der Waals surface area contributed by atoms with Crippen LogP contribution in [-0.4, -0.2) is 31.8 Å². The molecular weight excluding hydrogens is 420 g/mol. The lowest BCUT2D eigenvalue weighted by Gasteiger charge is -2.23. The van der Waals surface area contributed by atoms with Crippen LogP contribution in [0.15, 0.2) is 44.3 Å². The molecule has 1 aliphatic carbocycles. The molecule has 7 nitrogen and oxygen atoms in total. The first-order valence-electron chi connectivity index (χ1n) is 10.2. The molecule has 2 heterocycles. The Kier molecular flexibility index (Phi) is 6.38. The topological polar surface area (TPSA) is 86.0 Å². The molecule has 1 N–H and O–H groups in total. The number of nitrogens with zero attached hydrogens (tertiary/aromatic N) is 3. The van der Waals surface area contributed by atoms with E-state index in [-0.39, 0.29) is 24.1 Å². The molecule has 0 spiro atoms. The van der Waals surface area contributed by atoms with Crippen molar-refractivity contribution < 1.29 is 4.79 Å². The van der Waals surface area contributed by atoms with Gasteiger partial charge in [0.25, 0.3) is 5.56 Å². The predicted molar refractivity (Wildman–Crippen MR) is 121 cm³/mol. The van der Waals surface area contributed by atoms with E-state index in [4.69, 9.17) is 0 Å². The Labute approximate surface area is 182 Å². The van der Waals surface area contributed by atoms with E-state index in [2.05, 4.69) is 10.3 Å². The van der Waals surface area contributed by atoms with E-state index in [1.54, 1.807) is 24.3 Å². The zero-order valence-corrected chi connectivity index (χ0v) is 18.4. The second-order valence-electron chi connectivity index (χ2n) is 7.31. The molecule has 0 bridgehead atoms. The van der Waals surface area contributed by atoms with Gasteiger partial charge in [0.2, 0.25) is 5.91 Å². The van der Waals surface area contributed by atoms with Crippen molar-refractivity contribution in [2.75, 3.05) is 5.75 Å². The number of rotatable bonds is 6. The number of carbonyl (C=O) groups is 1. The second-order valence-corrected chi connectivity index (χ2v) is 9.82. The Morgan fingerprint density at radius 3 is 2.63 bits per heavy atom. The van der Waals surface area contributed by atoms with Gasteiger partial charge in [-0.1, -0.05) is 56.1 Å². The first kappa shape index (κ1) is 20.9. The molecule has 1 aliphatic rings. The maximum absolute atomic E-state index is 13.3. The number of nitrogens with one attached hydrogen (secondary N) is 1. The van der Waals surface area contributed by atoms with Crippen LogP contribution in [0.1, 0.15) is 39.0 Å². The van der Waals surface area contributed by atoms with Crippen LogP contribution in [0.2, 0.25) is 0 Å². The summed E-state index contributed by atoms with van der Waals surface area (Å²) in [6.07, 6.45) is 5.35. The van der Waals surface area contributed by atoms with E-state index in [1.165, 1.54) is 34.1 Å². The Bertz CT molecular complexity index is 1160. The van der Waals surface area contributed by atoms with Crippen LogP contribution in [0, 0.1) is 0 Å². The van der Waals surface area contributed by atoms with Crippen LogP contribution in [0.4, 0.5) is 0 Å². The van der Waals surface area contributed by atoms with E-state index in [0.29, 0.717) is 10.4 Å². The van der Waals surface area contributed by atoms with Gasteiger partial charge in [-0.3, -0.25) is 14.2 Å². The fourth-order valence-electron chi connectivity index (χ4n) is 3.81. The third kappa shape index (κ3) is 4.22. The van der Waals surface area contributed by atoms with Crippen LogP contribution in [-0.2, 0) is 11.3 Å². The SMILES string of the molecule is CCSc1nc2c(s1)c(=O)n(-c1ccccc1)c(=O)n2CC(=O)NC1CCCCC1. The van der Waals surface area contributed by atoms with Crippen molar-refractivity contribution in [1.29, 1.82) is 0 Å². The number of para-hydroxylation sites is 1. The molecular formula is C21H24N4O3S2. The zero-order chi connectivity index (χ0) is 21.1. The lowest BCUT2D eigenvalue weighted by Crippen LogP contribution is -2.43. The van der Waals surface area contributed by atoms with Gasteiger partial charge < -0.3 is 5.32 Å². The Morgan fingerprint density at radius 2 is 1.93 bits per heavy atom. The van der Waals surface area contributed by atoms with Crippen molar-refractivity contribution in [3.05, 3.63) is 51.2 Å². The minimum atomic E-state index is -0.546. The van der Waals surface area contributed by atoms with Gasteiger partial charge in [0.05, 0.1) is 5.69 Å². The summed E-state index contributed by atoms with van der Waals surface area (Å²) in [5, 5.41) is 3.05. The molecule has 0 aliphatic heterocycles. The number of fused-ring (bicyclic) bond motifs is 1. The van der Waals surface area contributed by atoms with E-state index < -0.39 is 11.2 Å². The van der Waals surface area contributed by atoms with Crippen molar-refractivity contribution in [3.8, 4) is 5.69 Å². The summed E-state index contributed by atoms with van der Waals surface area (Å²) in [6, 6.07) is 8.95. The average Bonchev–Trinajstić information content (AvgIpc) is 3.17. The van der Waals surface area contributed by atoms with Crippen molar-refractivity contribution >= 4 is 39.4 Å². The number of thiazole rings is 1. The summed E-state index contributed by atoms with van der Waals surface area (Å²) >= 11 is 2.79. The van der Waals surface area contributed by atoms with Crippen LogP contribution in [0.5, 0.6) is 0 Å². The Morgan fingerprint density at radius 1 is 1.20 bits per heavy atom. The highest BCUT2D eigenvalue weighted by Gasteiger charge is 2.22. The quantitative estimate of drug-likeness (QED) is 0.590. The molecule has 3 aromatic rings. The van der Waals surface area contributed by atoms with E-state index in [0.717, 1.165) is 40.3 Å². The third-order valence-electron chi connectivity index (χ3n) is 5.22. The third-order valence-corrected chi connectivity index (χ3v) is 7.28. The number of hydrogen-bond donors (Lipinski definition) is 1. The molecule has 1 aromatic carbocycles. The van der Waals surface area contributed by atoms with Gasteiger partial charge in [0.1, 0.15) is 11.2 Å². The summed E-state index contributed by atoms with van der Waals surface area (Å²) in [6.45, 7) is 1.85. The number of aromatic nitrogens is 3. The largest absolute Gasteiger partial charge is 0.352 e. The fraction of sp³-hybridized carbons (Fsp3) is 0.429. The predicted octanol–water partition coefficient (Wildman–Crippen LogP) is 3.17. The smallest absolute Gasteiger partial charge is 0.337 e. The Hall–Kier alpha value is -2.39. The molecule has 158 valence electrons. The summed E-state index contributed by atoms with van der Waals surface area (Å²) in [5.41, 5.74) is -0.174. The van der Waals surface area contributed by atoms with Crippen LogP contribution >= 0.6 is 23.1 Å². The zero-order valence-electron chi connectivity index (χ0n) is 16.8. The molecule has 0 unspecified atom stereocenters. The second kappa shape index (κ2) is 9.18. The van der Waals surface area contributed by atoms with E-state index in [9.17, 15) is 14.4 Å². The first-order chi connectivity index (χ1) is 14.6. The molecule has 0 atom stereocenters. The molecule has 1 fully saturated rings. The molecule has 30 heavy (non-hydrogen) atoms. The molecule has 9 heteroatoms. The summed E-state index contributed by atoms with van der Waals surface area (Å²) < 4.78 is 3.57. The lowest BCUT2D eigenvalue weighted by molar-refractivity contribution is -0.122. The van der Waals surface area contributed by atoms with Crippen LogP contribution in [0.25, 0.3) is 16.0 Å². The van der Waals surface area contributed by atoms with Crippen LogP contribution in [0.3, 0.4) is 0 Å². The molecule has 4 rings (SSSR count). The highest BCUT2D eigenvalue weighted by atomic mass is 32.2. The van der Waals surface area contributed by atoms with Crippen molar-refractivity contribution in [3.63, 3.8) is 0 Å². The van der Waals surface area contributed by atoms with Gasteiger partial charge in [0.15, 0.2) is 9.99 Å². The monoisotopic (exact) mass is 444 g/mol. The molecule has 0 radical (unpaired) electrons. The molecule has 1 saturated carbocycles. The maximum atomic E-state index is 13.3. The minimum absolute atomic E-state index is 0.152. The first-order valence-corrected chi connectivity index (χ1v) is 12.0. The minimum Gasteiger partial charge on any atom is -0.352 e. The van der Waals surface area contributed by atoms with Gasteiger partial charge >= 0.3 is 5.69 Å². The number of thioether (sulfide) groups is 1. The number of carbonyl (C=O) groups excluding carboxylic acids is 1. The molecule has 0 saturated heterocycles. The Balaban J connectivity index is 1.79. The highest BCUT2D eigenvalue weighted by molar-refractivity contribution is 8.01. The van der Waals surface area contributed by atoms with Gasteiger partial charge in [-0.25, -0.2) is 14.3 Å². The molecule has 1 amide bonds. The summed E-state index contributed by atoms with van der Waals surface area (Å²) in [7, 11) is 0.